The van der Waals surface area contributed by atoms with Gasteiger partial charge in [-0.25, -0.2) is 0 Å². The van der Waals surface area contributed by atoms with Crippen LogP contribution in [0.3, 0.4) is 0 Å². The maximum Gasteiger partial charge on any atom is 0.320 e. The number of unbranched alkanes of at least 4 members (excludes halogenated alkanes) is 1. The van der Waals surface area contributed by atoms with Gasteiger partial charge in [0, 0.05) is 18.3 Å². The molecule has 0 saturated carbocycles. The van der Waals surface area contributed by atoms with Gasteiger partial charge in [-0.15, -0.1) is 0 Å². The van der Waals surface area contributed by atoms with E-state index < -0.39 is 12.0 Å². The predicted octanol–water partition coefficient (Wildman–Crippen LogP) is 1.09. The molecule has 0 aliphatic carbocycles. The van der Waals surface area contributed by atoms with Gasteiger partial charge in [-0.05, 0) is 31.4 Å². The monoisotopic (exact) mass is 254 g/mol. The molecule has 1 unspecified atom stereocenters. The van der Waals surface area contributed by atoms with Crippen LogP contribution in [0, 0.1) is 0 Å². The summed E-state index contributed by atoms with van der Waals surface area (Å²) in [5, 5.41) is 30.0. The highest BCUT2D eigenvalue weighted by atomic mass is 16.4. The minimum absolute atomic E-state index is 0.159. The third kappa shape index (κ3) is 4.50. The summed E-state index contributed by atoms with van der Waals surface area (Å²) in [4.78, 5) is 10.5. The molecule has 1 aromatic carbocycles. The summed E-state index contributed by atoms with van der Waals surface area (Å²) in [5.74, 6) is -1.31. The summed E-state index contributed by atoms with van der Waals surface area (Å²) in [6.45, 7) is 0.649. The smallest absolute Gasteiger partial charge is 0.320 e. The second-order valence-corrected chi connectivity index (χ2v) is 4.07. The lowest BCUT2D eigenvalue weighted by molar-refractivity contribution is -0.138. The van der Waals surface area contributed by atoms with Crippen LogP contribution in [0.2, 0.25) is 0 Å². The molecule has 100 valence electrons. The number of benzene rings is 1. The zero-order valence-electron chi connectivity index (χ0n) is 9.97. The van der Waals surface area contributed by atoms with Crippen molar-refractivity contribution < 1.29 is 20.1 Å². The number of nitrogens with two attached hydrogens (primary N) is 1. The summed E-state index contributed by atoms with van der Waals surface area (Å²) in [6, 6.07) is 3.68. The molecule has 0 saturated heterocycles. The zero-order chi connectivity index (χ0) is 13.5. The Kier molecular flexibility index (Phi) is 5.26. The number of aliphatic carboxylic acids is 1. The Labute approximate surface area is 105 Å². The number of hydrogen-bond donors (Lipinski definition) is 5. The number of anilines is 1. The van der Waals surface area contributed by atoms with Crippen LogP contribution in [0.15, 0.2) is 18.2 Å². The molecule has 0 radical (unpaired) electrons. The van der Waals surface area contributed by atoms with E-state index in [2.05, 4.69) is 5.32 Å². The average molecular weight is 254 g/mol. The van der Waals surface area contributed by atoms with Crippen molar-refractivity contribution in [2.75, 3.05) is 11.9 Å². The van der Waals surface area contributed by atoms with E-state index >= 15 is 0 Å². The first kappa shape index (κ1) is 14.1. The lowest BCUT2D eigenvalue weighted by Gasteiger charge is -2.08. The predicted molar refractivity (Wildman–Crippen MR) is 67.7 cm³/mol. The number of carboxylic acid groups (broad SMARTS) is 1. The van der Waals surface area contributed by atoms with Gasteiger partial charge in [0.15, 0.2) is 11.5 Å². The molecule has 6 heteroatoms. The van der Waals surface area contributed by atoms with Crippen LogP contribution in [0.4, 0.5) is 5.69 Å². The number of carboxylic acids is 1. The van der Waals surface area contributed by atoms with Crippen LogP contribution in [0.25, 0.3) is 0 Å². The molecule has 0 bridgehead atoms. The normalized spacial score (nSPS) is 12.1. The van der Waals surface area contributed by atoms with Crippen molar-refractivity contribution >= 4 is 11.7 Å². The van der Waals surface area contributed by atoms with E-state index in [0.29, 0.717) is 25.1 Å². The van der Waals surface area contributed by atoms with Gasteiger partial charge in [0.25, 0.3) is 0 Å². The molecule has 6 N–H and O–H groups in total. The minimum atomic E-state index is -0.980. The van der Waals surface area contributed by atoms with Crippen molar-refractivity contribution in [2.24, 2.45) is 5.73 Å². The van der Waals surface area contributed by atoms with Crippen LogP contribution < -0.4 is 11.1 Å². The van der Waals surface area contributed by atoms with E-state index in [9.17, 15) is 9.90 Å². The van der Waals surface area contributed by atoms with Crippen LogP contribution in [0.5, 0.6) is 11.5 Å². The molecule has 6 nitrogen and oxygen atoms in total. The first-order valence-electron chi connectivity index (χ1n) is 5.75. The first-order chi connectivity index (χ1) is 8.50. The van der Waals surface area contributed by atoms with Crippen molar-refractivity contribution in [3.8, 4) is 11.5 Å². The Morgan fingerprint density at radius 2 is 2.00 bits per heavy atom. The van der Waals surface area contributed by atoms with E-state index in [0.717, 1.165) is 6.42 Å². The van der Waals surface area contributed by atoms with E-state index in [-0.39, 0.29) is 11.5 Å². The summed E-state index contributed by atoms with van der Waals surface area (Å²) < 4.78 is 0. The molecule has 0 heterocycles. The third-order valence-electron chi connectivity index (χ3n) is 2.56. The molecular formula is C12H18N2O4. The van der Waals surface area contributed by atoms with Gasteiger partial charge in [0.1, 0.15) is 6.04 Å². The Morgan fingerprint density at radius 1 is 1.28 bits per heavy atom. The van der Waals surface area contributed by atoms with Crippen molar-refractivity contribution in [1.29, 1.82) is 0 Å². The highest BCUT2D eigenvalue weighted by Gasteiger charge is 2.09. The summed E-state index contributed by atoms with van der Waals surface area (Å²) in [5.41, 5.74) is 6.07. The van der Waals surface area contributed by atoms with Gasteiger partial charge in [-0.3, -0.25) is 4.79 Å². The van der Waals surface area contributed by atoms with Gasteiger partial charge < -0.3 is 26.4 Å². The van der Waals surface area contributed by atoms with Crippen molar-refractivity contribution in [1.82, 2.24) is 0 Å². The van der Waals surface area contributed by atoms with Crippen molar-refractivity contribution in [2.45, 2.75) is 25.3 Å². The van der Waals surface area contributed by atoms with Gasteiger partial charge in [0.05, 0.1) is 0 Å². The third-order valence-corrected chi connectivity index (χ3v) is 2.56. The first-order valence-corrected chi connectivity index (χ1v) is 5.75. The zero-order valence-corrected chi connectivity index (χ0v) is 9.97. The van der Waals surface area contributed by atoms with Crippen molar-refractivity contribution in [3.05, 3.63) is 18.2 Å². The molecule has 1 aromatic rings. The number of nitrogens with one attached hydrogen (secondary N) is 1. The second kappa shape index (κ2) is 6.70. The fraction of sp³-hybridized carbons (Fsp3) is 0.417. The maximum absolute atomic E-state index is 10.5. The highest BCUT2D eigenvalue weighted by Crippen LogP contribution is 2.27. The number of carbonyl (C=O) groups is 1. The Balaban J connectivity index is 2.22. The Bertz CT molecular complexity index is 409. The van der Waals surface area contributed by atoms with E-state index in [1.807, 2.05) is 0 Å². The largest absolute Gasteiger partial charge is 0.504 e. The summed E-state index contributed by atoms with van der Waals surface area (Å²) in [6.07, 6.45) is 1.94. The van der Waals surface area contributed by atoms with Crippen LogP contribution in [0.1, 0.15) is 19.3 Å². The fourth-order valence-electron chi connectivity index (χ4n) is 1.48. The minimum Gasteiger partial charge on any atom is -0.504 e. The van der Waals surface area contributed by atoms with Crippen LogP contribution >= 0.6 is 0 Å². The second-order valence-electron chi connectivity index (χ2n) is 4.07. The number of phenols is 2. The number of rotatable bonds is 7. The quantitative estimate of drug-likeness (QED) is 0.282. The van der Waals surface area contributed by atoms with E-state index in [1.165, 1.54) is 12.1 Å². The molecule has 18 heavy (non-hydrogen) atoms. The topological polar surface area (TPSA) is 116 Å². The molecule has 0 aliphatic rings. The Morgan fingerprint density at radius 3 is 2.61 bits per heavy atom. The lowest BCUT2D eigenvalue weighted by atomic mass is 10.1. The number of phenolic OH excluding ortho intramolecular Hbond substituents is 2. The standard InChI is InChI=1S/C12H18N2O4/c13-9(12(17)18)3-1-2-6-14-8-4-5-10(15)11(16)7-8/h4-5,7,9,14-16H,1-3,6,13H2,(H,17,18). The molecule has 0 fully saturated rings. The molecule has 1 atom stereocenters. The van der Waals surface area contributed by atoms with Gasteiger partial charge in [-0.2, -0.15) is 0 Å². The summed E-state index contributed by atoms with van der Waals surface area (Å²) in [7, 11) is 0. The van der Waals surface area contributed by atoms with Crippen molar-refractivity contribution in [3.63, 3.8) is 0 Å². The van der Waals surface area contributed by atoms with Gasteiger partial charge >= 0.3 is 5.97 Å². The molecule has 1 rings (SSSR count). The molecule has 0 aliphatic heterocycles. The highest BCUT2D eigenvalue weighted by molar-refractivity contribution is 5.72. The molecular weight excluding hydrogens is 236 g/mol. The molecule has 0 spiro atoms. The lowest BCUT2D eigenvalue weighted by Crippen LogP contribution is -2.29. The van der Waals surface area contributed by atoms with Crippen LogP contribution in [-0.2, 0) is 4.79 Å². The van der Waals surface area contributed by atoms with Crippen LogP contribution in [-0.4, -0.2) is 33.9 Å². The van der Waals surface area contributed by atoms with E-state index in [1.54, 1.807) is 6.07 Å². The fourth-order valence-corrected chi connectivity index (χ4v) is 1.48. The van der Waals surface area contributed by atoms with Gasteiger partial charge in [-0.1, -0.05) is 0 Å². The average Bonchev–Trinajstić information content (AvgIpc) is 2.32. The number of hydrogen-bond acceptors (Lipinski definition) is 5. The van der Waals surface area contributed by atoms with E-state index in [4.69, 9.17) is 15.9 Å². The maximum atomic E-state index is 10.5. The SMILES string of the molecule is NC(CCCCNc1ccc(O)c(O)c1)C(=O)O. The summed E-state index contributed by atoms with van der Waals surface area (Å²) >= 11 is 0. The van der Waals surface area contributed by atoms with Gasteiger partial charge in [0.2, 0.25) is 0 Å². The molecule has 0 amide bonds. The number of aromatic hydroxyl groups is 2. The Hall–Kier alpha value is -1.95. The molecule has 0 aromatic heterocycles.